The van der Waals surface area contributed by atoms with Crippen molar-refractivity contribution in [2.45, 2.75) is 0 Å². The molecule has 10 heteroatoms. The summed E-state index contributed by atoms with van der Waals surface area (Å²) in [5.41, 5.74) is 1.32. The Bertz CT molecular complexity index is 1160. The zero-order valence-corrected chi connectivity index (χ0v) is 18.2. The third-order valence-corrected chi connectivity index (χ3v) is 5.75. The summed E-state index contributed by atoms with van der Waals surface area (Å²) in [7, 11) is 0. The minimum absolute atomic E-state index is 0.0235. The molecule has 0 unspecified atom stereocenters. The van der Waals surface area contributed by atoms with Crippen molar-refractivity contribution >= 4 is 73.1 Å². The third-order valence-electron chi connectivity index (χ3n) is 4.18. The second kappa shape index (κ2) is 8.39. The van der Waals surface area contributed by atoms with E-state index >= 15 is 0 Å². The summed E-state index contributed by atoms with van der Waals surface area (Å²) in [6.07, 6.45) is 1.60. The molecule has 0 fully saturated rings. The molecule has 1 aromatic heterocycles. The molecule has 7 nitrogen and oxygen atoms in total. The van der Waals surface area contributed by atoms with E-state index in [2.05, 4.69) is 31.5 Å². The maximum Gasteiger partial charge on any atom is 0.283 e. The topological polar surface area (TPSA) is 91.4 Å². The van der Waals surface area contributed by atoms with Gasteiger partial charge in [-0.15, -0.1) is 11.3 Å². The monoisotopic (exact) mass is 502 g/mol. The lowest BCUT2D eigenvalue weighted by Crippen LogP contribution is -2.32. The van der Waals surface area contributed by atoms with Gasteiger partial charge in [0.05, 0.1) is 5.69 Å². The van der Waals surface area contributed by atoms with Gasteiger partial charge in [0.15, 0.2) is 5.13 Å². The molecule has 2 aromatic carbocycles. The quantitative estimate of drug-likeness (QED) is 0.497. The van der Waals surface area contributed by atoms with Crippen LogP contribution >= 0.6 is 38.9 Å². The second-order valence-corrected chi connectivity index (χ2v) is 8.29. The van der Waals surface area contributed by atoms with Crippen LogP contribution in [0.5, 0.6) is 0 Å². The van der Waals surface area contributed by atoms with Crippen LogP contribution < -0.4 is 15.5 Å². The summed E-state index contributed by atoms with van der Waals surface area (Å²) < 4.78 is 0.821. The lowest BCUT2D eigenvalue weighted by molar-refractivity contribution is -0.120. The number of amides is 3. The average Bonchev–Trinajstić information content (AvgIpc) is 3.32. The third kappa shape index (κ3) is 4.00. The Kier molecular flexibility index (Phi) is 5.67. The number of anilines is 3. The highest BCUT2D eigenvalue weighted by Crippen LogP contribution is 2.30. The van der Waals surface area contributed by atoms with Gasteiger partial charge in [0, 0.05) is 27.3 Å². The maximum absolute atomic E-state index is 12.8. The van der Waals surface area contributed by atoms with Crippen molar-refractivity contribution in [1.29, 1.82) is 0 Å². The van der Waals surface area contributed by atoms with Crippen molar-refractivity contribution in [3.8, 4) is 0 Å². The van der Waals surface area contributed by atoms with E-state index in [0.29, 0.717) is 22.1 Å². The van der Waals surface area contributed by atoms with E-state index < -0.39 is 11.8 Å². The van der Waals surface area contributed by atoms with Gasteiger partial charge in [-0.1, -0.05) is 27.5 Å². The van der Waals surface area contributed by atoms with E-state index in [9.17, 15) is 14.4 Å². The largest absolute Gasteiger partial charge is 0.350 e. The Balaban J connectivity index is 1.49. The van der Waals surface area contributed by atoms with Crippen molar-refractivity contribution in [2.75, 3.05) is 15.5 Å². The summed E-state index contributed by atoms with van der Waals surface area (Å²) in [6, 6.07) is 13.2. The van der Waals surface area contributed by atoms with Gasteiger partial charge in [-0.2, -0.15) is 0 Å². The maximum atomic E-state index is 12.8. The van der Waals surface area contributed by atoms with E-state index in [0.717, 1.165) is 9.37 Å². The van der Waals surface area contributed by atoms with E-state index in [4.69, 9.17) is 11.6 Å². The minimum atomic E-state index is -0.606. The molecule has 0 radical (unpaired) electrons. The molecule has 150 valence electrons. The van der Waals surface area contributed by atoms with Gasteiger partial charge in [0.2, 0.25) is 0 Å². The SMILES string of the molecule is O=C(Nc1nccs1)c1ccc(NC2=C(Cl)C(=O)N(c3ccc(Br)cc3)C2=O)cc1. The first-order valence-corrected chi connectivity index (χ1v) is 10.6. The molecule has 3 aromatic rings. The molecule has 0 bridgehead atoms. The number of thiazole rings is 1. The molecule has 1 aliphatic rings. The Hall–Kier alpha value is -3.01. The first-order valence-electron chi connectivity index (χ1n) is 8.56. The lowest BCUT2D eigenvalue weighted by atomic mass is 10.2. The van der Waals surface area contributed by atoms with Crippen molar-refractivity contribution in [3.05, 3.63) is 80.9 Å². The molecule has 2 heterocycles. The number of nitrogens with one attached hydrogen (secondary N) is 2. The van der Waals surface area contributed by atoms with E-state index in [1.165, 1.54) is 11.3 Å². The summed E-state index contributed by atoms with van der Waals surface area (Å²) in [4.78, 5) is 42.5. The van der Waals surface area contributed by atoms with Gasteiger partial charge in [0.1, 0.15) is 10.7 Å². The highest BCUT2D eigenvalue weighted by Gasteiger charge is 2.38. The van der Waals surface area contributed by atoms with Gasteiger partial charge in [-0.25, -0.2) is 9.88 Å². The molecule has 4 rings (SSSR count). The highest BCUT2D eigenvalue weighted by molar-refractivity contribution is 9.10. The predicted molar refractivity (Wildman–Crippen MR) is 120 cm³/mol. The smallest absolute Gasteiger partial charge is 0.283 e. The molecular weight excluding hydrogens is 492 g/mol. The number of halogens is 2. The molecule has 30 heavy (non-hydrogen) atoms. The van der Waals surface area contributed by atoms with Crippen LogP contribution in [-0.2, 0) is 9.59 Å². The Morgan fingerprint density at radius 2 is 1.73 bits per heavy atom. The van der Waals surface area contributed by atoms with Crippen LogP contribution in [0.1, 0.15) is 10.4 Å². The number of carbonyl (C=O) groups excluding carboxylic acids is 3. The van der Waals surface area contributed by atoms with Crippen LogP contribution in [0.25, 0.3) is 0 Å². The standard InChI is InChI=1S/C20H12BrClN4O3S/c21-12-3-7-14(8-4-12)26-18(28)15(22)16(19(26)29)24-13-5-1-11(2-6-13)17(27)25-20-23-9-10-30-20/h1-10,24H,(H,23,25,27). The van der Waals surface area contributed by atoms with Crippen LogP contribution in [0.15, 0.2) is 75.3 Å². The molecule has 0 spiro atoms. The fourth-order valence-corrected chi connectivity index (χ4v) is 3.74. The van der Waals surface area contributed by atoms with E-state index in [1.54, 1.807) is 60.1 Å². The highest BCUT2D eigenvalue weighted by atomic mass is 79.9. The zero-order valence-electron chi connectivity index (χ0n) is 15.1. The Labute approximate surface area is 188 Å². The van der Waals surface area contributed by atoms with Crippen LogP contribution in [0, 0.1) is 0 Å². The normalized spacial score (nSPS) is 13.7. The number of hydrogen-bond donors (Lipinski definition) is 2. The number of hydrogen-bond acceptors (Lipinski definition) is 6. The summed E-state index contributed by atoms with van der Waals surface area (Å²) >= 11 is 10.8. The van der Waals surface area contributed by atoms with Crippen molar-refractivity contribution in [2.24, 2.45) is 0 Å². The number of aromatic nitrogens is 1. The molecule has 2 N–H and O–H groups in total. The summed E-state index contributed by atoms with van der Waals surface area (Å²) in [6.45, 7) is 0. The Morgan fingerprint density at radius 3 is 2.37 bits per heavy atom. The number of benzene rings is 2. The number of carbonyl (C=O) groups is 3. The average molecular weight is 504 g/mol. The van der Waals surface area contributed by atoms with Crippen molar-refractivity contribution in [3.63, 3.8) is 0 Å². The van der Waals surface area contributed by atoms with Gasteiger partial charge < -0.3 is 5.32 Å². The first-order chi connectivity index (χ1) is 14.4. The van der Waals surface area contributed by atoms with Crippen LogP contribution in [0.3, 0.4) is 0 Å². The summed E-state index contributed by atoms with van der Waals surface area (Å²) in [5.74, 6) is -1.47. The first kappa shape index (κ1) is 20.3. The van der Waals surface area contributed by atoms with Crippen molar-refractivity contribution < 1.29 is 14.4 Å². The zero-order chi connectivity index (χ0) is 21.3. The second-order valence-electron chi connectivity index (χ2n) is 6.10. The molecule has 0 aliphatic carbocycles. The molecular formula is C20H12BrClN4O3S. The van der Waals surface area contributed by atoms with Gasteiger partial charge in [-0.05, 0) is 48.5 Å². The fraction of sp³-hybridized carbons (Fsp3) is 0. The number of imide groups is 1. The van der Waals surface area contributed by atoms with E-state index in [1.807, 2.05) is 0 Å². The summed E-state index contributed by atoms with van der Waals surface area (Å²) in [5, 5.41) is 7.63. The van der Waals surface area contributed by atoms with Gasteiger partial charge >= 0.3 is 0 Å². The molecule has 1 aliphatic heterocycles. The van der Waals surface area contributed by atoms with Crippen LogP contribution in [0.2, 0.25) is 0 Å². The van der Waals surface area contributed by atoms with Crippen molar-refractivity contribution in [1.82, 2.24) is 4.98 Å². The minimum Gasteiger partial charge on any atom is -0.350 e. The van der Waals surface area contributed by atoms with E-state index in [-0.39, 0.29) is 16.6 Å². The lowest BCUT2D eigenvalue weighted by Gasteiger charge is -2.15. The fourth-order valence-electron chi connectivity index (χ4n) is 2.74. The van der Waals surface area contributed by atoms with Gasteiger partial charge in [-0.3, -0.25) is 19.7 Å². The number of nitrogens with zero attached hydrogens (tertiary/aromatic N) is 2. The van der Waals surface area contributed by atoms with Crippen LogP contribution in [0.4, 0.5) is 16.5 Å². The Morgan fingerprint density at radius 1 is 1.03 bits per heavy atom. The molecule has 0 saturated carbocycles. The van der Waals surface area contributed by atoms with Crippen LogP contribution in [-0.4, -0.2) is 22.7 Å². The molecule has 0 atom stereocenters. The number of rotatable bonds is 5. The molecule has 3 amide bonds. The molecule has 0 saturated heterocycles. The van der Waals surface area contributed by atoms with Gasteiger partial charge in [0.25, 0.3) is 17.7 Å². The predicted octanol–water partition coefficient (Wildman–Crippen LogP) is 4.59.